The molecule has 2 aromatic heterocycles. The number of alkyl halides is 3. The maximum atomic E-state index is 13.9. The van der Waals surface area contributed by atoms with E-state index in [0.717, 1.165) is 0 Å². The molecule has 13 heteroatoms. The molecule has 5 N–H and O–H groups in total. The Morgan fingerprint density at radius 3 is 2.21 bits per heavy atom. The van der Waals surface area contributed by atoms with E-state index >= 15 is 0 Å². The first-order valence-corrected chi connectivity index (χ1v) is 10.8. The van der Waals surface area contributed by atoms with Crippen LogP contribution >= 0.6 is 0 Å². The Balaban J connectivity index is 1.49. The first kappa shape index (κ1) is 25.9. The van der Waals surface area contributed by atoms with Crippen LogP contribution in [0.1, 0.15) is 26.4 Å². The number of nitrogens with zero attached hydrogens (tertiary/aromatic N) is 2. The lowest BCUT2D eigenvalue weighted by atomic mass is 10.1. The van der Waals surface area contributed by atoms with Crippen LogP contribution in [0.15, 0.2) is 79.3 Å². The van der Waals surface area contributed by atoms with Crippen LogP contribution in [0.2, 0.25) is 0 Å². The van der Waals surface area contributed by atoms with Gasteiger partial charge in [-0.3, -0.25) is 24.7 Å². The van der Waals surface area contributed by atoms with Crippen molar-refractivity contribution in [3.8, 4) is 11.1 Å². The van der Waals surface area contributed by atoms with Crippen LogP contribution in [0, 0.1) is 5.82 Å². The highest BCUT2D eigenvalue weighted by Gasteiger charge is 2.31. The number of halogens is 4. The lowest BCUT2D eigenvalue weighted by Crippen LogP contribution is -2.28. The normalized spacial score (nSPS) is 11.1. The number of nitrogens with one attached hydrogen (secondary N) is 3. The fraction of sp³-hybridized carbons (Fsp3) is 0.0400. The van der Waals surface area contributed by atoms with Gasteiger partial charge in [-0.2, -0.15) is 13.2 Å². The molecule has 0 radical (unpaired) electrons. The van der Waals surface area contributed by atoms with Crippen LogP contribution < -0.4 is 21.8 Å². The summed E-state index contributed by atoms with van der Waals surface area (Å²) in [5, 5.41) is 4.43. The fourth-order valence-electron chi connectivity index (χ4n) is 3.50. The summed E-state index contributed by atoms with van der Waals surface area (Å²) in [6, 6.07) is 11.2. The average Bonchev–Trinajstić information content (AvgIpc) is 3.29. The first-order chi connectivity index (χ1) is 18.0. The third-order valence-corrected chi connectivity index (χ3v) is 5.28. The van der Waals surface area contributed by atoms with Gasteiger partial charge in [-0.05, 0) is 54.1 Å². The number of aromatic nitrogens is 2. The number of urea groups is 1. The Morgan fingerprint density at radius 2 is 1.58 bits per heavy atom. The molecule has 2 aromatic carbocycles. The quantitative estimate of drug-likeness (QED) is 0.268. The molecule has 0 aliphatic heterocycles. The lowest BCUT2D eigenvalue weighted by molar-refractivity contribution is -0.137. The lowest BCUT2D eigenvalue weighted by Gasteiger charge is -2.12. The van der Waals surface area contributed by atoms with Crippen LogP contribution in [-0.2, 0) is 6.18 Å². The zero-order chi connectivity index (χ0) is 27.4. The SMILES string of the molecule is NC(=O)c1c(-c2ccc(NC(=O)Nc3cc(C(F)(F)F)ccc3F)cc2)ccn1NC(=O)c1ccncc1. The van der Waals surface area contributed by atoms with E-state index in [2.05, 4.69) is 15.7 Å². The monoisotopic (exact) mass is 526 g/mol. The fourth-order valence-corrected chi connectivity index (χ4v) is 3.50. The van der Waals surface area contributed by atoms with Crippen molar-refractivity contribution in [3.63, 3.8) is 0 Å². The van der Waals surface area contributed by atoms with Crippen LogP contribution in [0.4, 0.5) is 33.7 Å². The summed E-state index contributed by atoms with van der Waals surface area (Å²) in [5.41, 5.74) is 7.76. The second-order valence-electron chi connectivity index (χ2n) is 7.84. The molecule has 0 spiro atoms. The summed E-state index contributed by atoms with van der Waals surface area (Å²) in [5.74, 6) is -2.35. The summed E-state index contributed by atoms with van der Waals surface area (Å²) >= 11 is 0. The summed E-state index contributed by atoms with van der Waals surface area (Å²) in [6.45, 7) is 0. The molecule has 4 rings (SSSR count). The third-order valence-electron chi connectivity index (χ3n) is 5.28. The number of pyridine rings is 1. The van der Waals surface area contributed by atoms with Crippen molar-refractivity contribution >= 4 is 29.2 Å². The van der Waals surface area contributed by atoms with E-state index in [4.69, 9.17) is 5.73 Å². The molecule has 0 unspecified atom stereocenters. The molecule has 0 fully saturated rings. The molecule has 2 heterocycles. The van der Waals surface area contributed by atoms with E-state index in [1.165, 1.54) is 59.7 Å². The van der Waals surface area contributed by atoms with Gasteiger partial charge < -0.3 is 16.4 Å². The molecule has 4 amide bonds. The number of nitrogens with two attached hydrogens (primary N) is 1. The largest absolute Gasteiger partial charge is 0.416 e. The summed E-state index contributed by atoms with van der Waals surface area (Å²) in [7, 11) is 0. The number of carbonyl (C=O) groups excluding carboxylic acids is 3. The number of hydrogen-bond donors (Lipinski definition) is 4. The van der Waals surface area contributed by atoms with E-state index in [9.17, 15) is 31.9 Å². The minimum absolute atomic E-state index is 0.00844. The van der Waals surface area contributed by atoms with Gasteiger partial charge in [0.25, 0.3) is 11.8 Å². The number of benzene rings is 2. The molecule has 0 aliphatic carbocycles. The van der Waals surface area contributed by atoms with Gasteiger partial charge in [-0.25, -0.2) is 9.18 Å². The van der Waals surface area contributed by atoms with E-state index in [1.54, 1.807) is 6.07 Å². The molecule has 194 valence electrons. The molecule has 0 saturated carbocycles. The molecule has 4 aromatic rings. The van der Waals surface area contributed by atoms with Crippen molar-refractivity contribution in [2.24, 2.45) is 5.73 Å². The van der Waals surface area contributed by atoms with E-state index in [1.807, 2.05) is 5.32 Å². The maximum absolute atomic E-state index is 13.9. The summed E-state index contributed by atoms with van der Waals surface area (Å²) in [6.07, 6.45) is -0.382. The number of rotatable bonds is 6. The second kappa shape index (κ2) is 10.4. The van der Waals surface area contributed by atoms with Gasteiger partial charge >= 0.3 is 12.2 Å². The molecular formula is C25H18F4N6O3. The Morgan fingerprint density at radius 1 is 0.895 bits per heavy atom. The van der Waals surface area contributed by atoms with Gasteiger partial charge in [-0.1, -0.05) is 12.1 Å². The van der Waals surface area contributed by atoms with E-state index in [0.29, 0.717) is 34.9 Å². The van der Waals surface area contributed by atoms with E-state index < -0.39 is 41.1 Å². The number of amides is 4. The van der Waals surface area contributed by atoms with Crippen LogP contribution in [0.25, 0.3) is 11.1 Å². The third kappa shape index (κ3) is 5.78. The van der Waals surface area contributed by atoms with Gasteiger partial charge in [-0.15, -0.1) is 0 Å². The molecule has 0 aliphatic rings. The molecule has 0 saturated heterocycles. The molecule has 9 nitrogen and oxygen atoms in total. The number of hydrogen-bond acceptors (Lipinski definition) is 4. The van der Waals surface area contributed by atoms with E-state index in [-0.39, 0.29) is 11.4 Å². The topological polar surface area (TPSA) is 131 Å². The summed E-state index contributed by atoms with van der Waals surface area (Å²) in [4.78, 5) is 40.7. The van der Waals surface area contributed by atoms with Gasteiger partial charge in [0.1, 0.15) is 11.5 Å². The predicted octanol–water partition coefficient (Wildman–Crippen LogP) is 4.83. The zero-order valence-corrected chi connectivity index (χ0v) is 19.2. The number of anilines is 2. The smallest absolute Gasteiger partial charge is 0.364 e. The molecule has 0 atom stereocenters. The highest BCUT2D eigenvalue weighted by Crippen LogP contribution is 2.32. The first-order valence-electron chi connectivity index (χ1n) is 10.8. The van der Waals surface area contributed by atoms with Crippen molar-refractivity contribution in [2.75, 3.05) is 16.1 Å². The van der Waals surface area contributed by atoms with Crippen molar-refractivity contribution in [1.82, 2.24) is 9.66 Å². The average molecular weight is 526 g/mol. The Bertz CT molecular complexity index is 1500. The van der Waals surface area contributed by atoms with Crippen LogP contribution in [0.5, 0.6) is 0 Å². The number of carbonyl (C=O) groups is 3. The van der Waals surface area contributed by atoms with Crippen molar-refractivity contribution < 1.29 is 31.9 Å². The van der Waals surface area contributed by atoms with Gasteiger partial charge in [0.05, 0.1) is 11.3 Å². The Kier molecular flexibility index (Phi) is 7.10. The highest BCUT2D eigenvalue weighted by molar-refractivity contribution is 6.03. The molecule has 0 bridgehead atoms. The second-order valence-corrected chi connectivity index (χ2v) is 7.84. The van der Waals surface area contributed by atoms with Crippen molar-refractivity contribution in [1.29, 1.82) is 0 Å². The van der Waals surface area contributed by atoms with Gasteiger partial charge in [0.15, 0.2) is 0 Å². The van der Waals surface area contributed by atoms with Crippen LogP contribution in [-0.4, -0.2) is 27.5 Å². The molecule has 38 heavy (non-hydrogen) atoms. The zero-order valence-electron chi connectivity index (χ0n) is 19.2. The Labute approximate surface area is 212 Å². The Hall–Kier alpha value is -5.20. The minimum atomic E-state index is -4.71. The van der Waals surface area contributed by atoms with Crippen molar-refractivity contribution in [2.45, 2.75) is 6.18 Å². The number of primary amides is 1. The summed E-state index contributed by atoms with van der Waals surface area (Å²) < 4.78 is 53.7. The van der Waals surface area contributed by atoms with Gasteiger partial charge in [0, 0.05) is 35.4 Å². The standard InChI is InChI=1S/C25H18F4N6O3/c26-19-6-3-16(25(27,28)29)13-20(19)33-24(38)32-17-4-1-14(2-5-17)18-9-12-35(21(18)22(30)36)34-23(37)15-7-10-31-11-8-15/h1-13H,(H2,30,36)(H,34,37)(H2,32,33,38). The maximum Gasteiger partial charge on any atom is 0.416 e. The predicted molar refractivity (Wildman–Crippen MR) is 130 cm³/mol. The minimum Gasteiger partial charge on any atom is -0.364 e. The van der Waals surface area contributed by atoms with Crippen LogP contribution in [0.3, 0.4) is 0 Å². The van der Waals surface area contributed by atoms with Crippen molar-refractivity contribution in [3.05, 3.63) is 102 Å². The van der Waals surface area contributed by atoms with Gasteiger partial charge in [0.2, 0.25) is 0 Å². The molecular weight excluding hydrogens is 508 g/mol. The highest BCUT2D eigenvalue weighted by atomic mass is 19.4.